The van der Waals surface area contributed by atoms with Crippen LogP contribution in [0, 0.1) is 0 Å². The Bertz CT molecular complexity index is 1170. The highest BCUT2D eigenvalue weighted by atomic mass is 32.2. The predicted molar refractivity (Wildman–Crippen MR) is 112 cm³/mol. The average molecular weight is 458 g/mol. The van der Waals surface area contributed by atoms with Gasteiger partial charge in [-0.1, -0.05) is 12.1 Å². The lowest BCUT2D eigenvalue weighted by Gasteiger charge is -2.34. The van der Waals surface area contributed by atoms with Gasteiger partial charge in [0.2, 0.25) is 15.9 Å². The van der Waals surface area contributed by atoms with Crippen molar-refractivity contribution in [2.75, 3.05) is 13.1 Å². The van der Waals surface area contributed by atoms with E-state index in [0.717, 1.165) is 14.8 Å². The van der Waals surface area contributed by atoms with E-state index in [1.807, 2.05) is 0 Å². The minimum absolute atomic E-state index is 0.00480. The molecule has 2 fully saturated rings. The molecule has 4 rings (SSSR count). The molecule has 1 aromatic carbocycles. The fraction of sp³-hybridized carbons (Fsp3) is 0.333. The number of amides is 2. The van der Waals surface area contributed by atoms with Gasteiger partial charge in [0.25, 0.3) is 5.91 Å². The molecule has 168 valence electrons. The molecule has 3 heterocycles. The second kappa shape index (κ2) is 7.99. The highest BCUT2D eigenvalue weighted by Gasteiger charge is 2.68. The van der Waals surface area contributed by atoms with Crippen molar-refractivity contribution in [1.29, 1.82) is 0 Å². The number of phenols is 1. The number of fused-ring (bicyclic) bond motifs is 1. The lowest BCUT2D eigenvalue weighted by atomic mass is 9.89. The molecule has 0 saturated carbocycles. The standard InChI is InChI=1S/C21H22N4O6S/c22-20(29)21-17(25(13-18(21)27)32(30,31)16-2-1-10-23-12-16)9-11-24(21)19(28)8-5-14-3-6-15(26)7-4-14/h1-4,6-7,10,12,17,26H,5,8-9,11,13H2,(H2,22,29). The highest BCUT2D eigenvalue weighted by molar-refractivity contribution is 7.89. The number of aryl methyl sites for hydroxylation is 1. The zero-order chi connectivity index (χ0) is 23.1. The van der Waals surface area contributed by atoms with Gasteiger partial charge in [-0.25, -0.2) is 8.42 Å². The Labute approximate surface area is 184 Å². The average Bonchev–Trinajstić information content (AvgIpc) is 3.31. The molecule has 3 N–H and O–H groups in total. The topological polar surface area (TPSA) is 151 Å². The Morgan fingerprint density at radius 1 is 1.22 bits per heavy atom. The molecule has 2 aromatic rings. The van der Waals surface area contributed by atoms with Crippen molar-refractivity contribution in [2.24, 2.45) is 5.73 Å². The van der Waals surface area contributed by atoms with Crippen molar-refractivity contribution in [3.63, 3.8) is 0 Å². The van der Waals surface area contributed by atoms with E-state index in [1.54, 1.807) is 12.1 Å². The monoisotopic (exact) mass is 458 g/mol. The first-order valence-corrected chi connectivity index (χ1v) is 11.5. The Morgan fingerprint density at radius 3 is 2.56 bits per heavy atom. The second-order valence-corrected chi connectivity index (χ2v) is 9.70. The lowest BCUT2D eigenvalue weighted by molar-refractivity contribution is -0.149. The van der Waals surface area contributed by atoms with E-state index >= 15 is 0 Å². The smallest absolute Gasteiger partial charge is 0.252 e. The number of primary amides is 1. The number of nitrogens with zero attached hydrogens (tertiary/aromatic N) is 3. The molecule has 0 spiro atoms. The summed E-state index contributed by atoms with van der Waals surface area (Å²) in [4.78, 5) is 43.6. The Balaban J connectivity index is 1.62. The third-order valence-corrected chi connectivity index (χ3v) is 7.93. The number of nitrogens with two attached hydrogens (primary N) is 1. The number of rotatable bonds is 6. The summed E-state index contributed by atoms with van der Waals surface area (Å²) in [6.07, 6.45) is 3.01. The molecule has 0 aliphatic carbocycles. The summed E-state index contributed by atoms with van der Waals surface area (Å²) in [5.41, 5.74) is 4.41. The number of phenolic OH excluding ortho intramolecular Hbond substituents is 1. The number of benzene rings is 1. The van der Waals surface area contributed by atoms with E-state index in [0.29, 0.717) is 6.42 Å². The summed E-state index contributed by atoms with van der Waals surface area (Å²) in [6.45, 7) is -0.514. The predicted octanol–water partition coefficient (Wildman–Crippen LogP) is -0.182. The molecule has 2 unspecified atom stereocenters. The van der Waals surface area contributed by atoms with E-state index in [1.165, 1.54) is 36.7 Å². The number of sulfonamides is 1. The first-order valence-electron chi connectivity index (χ1n) is 10.0. The maximum Gasteiger partial charge on any atom is 0.252 e. The molecule has 10 nitrogen and oxygen atoms in total. The van der Waals surface area contributed by atoms with Gasteiger partial charge in [-0.2, -0.15) is 4.31 Å². The fourth-order valence-electron chi connectivity index (χ4n) is 4.57. The number of aromatic hydroxyl groups is 1. The van der Waals surface area contributed by atoms with Crippen LogP contribution in [-0.4, -0.2) is 70.0 Å². The highest BCUT2D eigenvalue weighted by Crippen LogP contribution is 2.42. The summed E-state index contributed by atoms with van der Waals surface area (Å²) in [5, 5.41) is 9.38. The summed E-state index contributed by atoms with van der Waals surface area (Å²) in [6, 6.07) is 8.07. The maximum atomic E-state index is 13.2. The quantitative estimate of drug-likeness (QED) is 0.570. The summed E-state index contributed by atoms with van der Waals surface area (Å²) in [7, 11) is -4.13. The van der Waals surface area contributed by atoms with Gasteiger partial charge in [-0.15, -0.1) is 0 Å². The van der Waals surface area contributed by atoms with Crippen molar-refractivity contribution in [2.45, 2.75) is 35.7 Å². The normalized spacial score (nSPS) is 23.3. The van der Waals surface area contributed by atoms with Crippen LogP contribution in [0.1, 0.15) is 18.4 Å². The first kappa shape index (κ1) is 21.9. The zero-order valence-electron chi connectivity index (χ0n) is 17.0. The molecular formula is C21H22N4O6S. The zero-order valence-corrected chi connectivity index (χ0v) is 17.9. The van der Waals surface area contributed by atoms with Crippen molar-refractivity contribution in [1.82, 2.24) is 14.2 Å². The van der Waals surface area contributed by atoms with Gasteiger partial charge in [0.15, 0.2) is 11.3 Å². The van der Waals surface area contributed by atoms with E-state index in [9.17, 15) is 27.9 Å². The van der Waals surface area contributed by atoms with Crippen LogP contribution in [-0.2, 0) is 30.8 Å². The maximum absolute atomic E-state index is 13.2. The van der Waals surface area contributed by atoms with Gasteiger partial charge in [0.05, 0.1) is 12.6 Å². The number of pyridine rings is 1. The molecule has 2 aliphatic heterocycles. The van der Waals surface area contributed by atoms with Gasteiger partial charge >= 0.3 is 0 Å². The van der Waals surface area contributed by atoms with Crippen molar-refractivity contribution in [3.05, 3.63) is 54.4 Å². The van der Waals surface area contributed by atoms with E-state index < -0.39 is 45.7 Å². The number of carbonyl (C=O) groups is 3. The van der Waals surface area contributed by atoms with Crippen molar-refractivity contribution < 1.29 is 27.9 Å². The van der Waals surface area contributed by atoms with Crippen LogP contribution in [0.15, 0.2) is 53.7 Å². The first-order chi connectivity index (χ1) is 15.2. The number of ketones is 1. The summed E-state index contributed by atoms with van der Waals surface area (Å²) >= 11 is 0. The fourth-order valence-corrected chi connectivity index (χ4v) is 6.17. The van der Waals surface area contributed by atoms with Gasteiger partial charge in [0.1, 0.15) is 10.6 Å². The second-order valence-electron chi connectivity index (χ2n) is 7.81. The number of likely N-dealkylation sites (tertiary alicyclic amines) is 1. The van der Waals surface area contributed by atoms with Gasteiger partial charge in [0, 0.05) is 25.4 Å². The minimum atomic E-state index is -4.13. The molecule has 32 heavy (non-hydrogen) atoms. The van der Waals surface area contributed by atoms with Gasteiger partial charge in [-0.3, -0.25) is 19.4 Å². The Morgan fingerprint density at radius 2 is 1.94 bits per heavy atom. The molecule has 1 aromatic heterocycles. The Hall–Kier alpha value is -3.31. The van der Waals surface area contributed by atoms with Gasteiger partial charge < -0.3 is 15.7 Å². The number of Topliss-reactive ketones (excluding diaryl/α,β-unsaturated/α-hetero) is 1. The van der Waals surface area contributed by atoms with Crippen molar-refractivity contribution in [3.8, 4) is 5.75 Å². The molecule has 0 radical (unpaired) electrons. The molecule has 2 atom stereocenters. The van der Waals surface area contributed by atoms with Crippen LogP contribution in [0.4, 0.5) is 0 Å². The van der Waals surface area contributed by atoms with Crippen LogP contribution in [0.25, 0.3) is 0 Å². The molecular weight excluding hydrogens is 436 g/mol. The molecule has 2 saturated heterocycles. The number of carbonyl (C=O) groups excluding carboxylic acids is 3. The van der Waals surface area contributed by atoms with Crippen LogP contribution in [0.2, 0.25) is 0 Å². The summed E-state index contributed by atoms with van der Waals surface area (Å²) < 4.78 is 27.3. The lowest BCUT2D eigenvalue weighted by Crippen LogP contribution is -2.64. The van der Waals surface area contributed by atoms with Crippen LogP contribution >= 0.6 is 0 Å². The van der Waals surface area contributed by atoms with E-state index in [2.05, 4.69) is 4.98 Å². The van der Waals surface area contributed by atoms with Crippen molar-refractivity contribution >= 4 is 27.6 Å². The molecule has 2 aliphatic rings. The van der Waals surface area contributed by atoms with Gasteiger partial charge in [-0.05, 0) is 42.7 Å². The number of hydrogen-bond donors (Lipinski definition) is 2. The van der Waals surface area contributed by atoms with Crippen LogP contribution < -0.4 is 5.73 Å². The Kier molecular flexibility index (Phi) is 5.47. The minimum Gasteiger partial charge on any atom is -0.508 e. The molecule has 0 bridgehead atoms. The molecule has 2 amide bonds. The van der Waals surface area contributed by atoms with E-state index in [4.69, 9.17) is 5.73 Å². The third-order valence-electron chi connectivity index (χ3n) is 6.09. The number of hydrogen-bond acceptors (Lipinski definition) is 7. The van der Waals surface area contributed by atoms with Crippen LogP contribution in [0.3, 0.4) is 0 Å². The largest absolute Gasteiger partial charge is 0.508 e. The number of aromatic nitrogens is 1. The van der Waals surface area contributed by atoms with Crippen LogP contribution in [0.5, 0.6) is 5.75 Å². The van der Waals surface area contributed by atoms with E-state index in [-0.39, 0.29) is 30.0 Å². The SMILES string of the molecule is NC(=O)C12C(=O)CN(S(=O)(=O)c3cccnc3)C1CCN2C(=O)CCc1ccc(O)cc1. The third kappa shape index (κ3) is 3.33. The molecule has 11 heteroatoms. The summed E-state index contributed by atoms with van der Waals surface area (Å²) in [5.74, 6) is -2.11.